The first-order valence-corrected chi connectivity index (χ1v) is 9.11. The molecule has 1 aliphatic heterocycles. The molecule has 1 amide bonds. The number of aryl methyl sites for hydroxylation is 1. The van der Waals surface area contributed by atoms with Crippen molar-refractivity contribution in [2.24, 2.45) is 5.92 Å². The molecule has 0 atom stereocenters. The number of hydrogen-bond acceptors (Lipinski definition) is 4. The first-order chi connectivity index (χ1) is 12.7. The summed E-state index contributed by atoms with van der Waals surface area (Å²) in [6, 6.07) is 10.5. The van der Waals surface area contributed by atoms with Gasteiger partial charge < -0.3 is 4.90 Å². The van der Waals surface area contributed by atoms with Crippen molar-refractivity contribution in [3.05, 3.63) is 65.9 Å². The molecule has 132 valence electrons. The van der Waals surface area contributed by atoms with Gasteiger partial charge in [-0.3, -0.25) is 14.8 Å². The summed E-state index contributed by atoms with van der Waals surface area (Å²) in [5.74, 6) is 0.568. The molecule has 1 aliphatic rings. The zero-order valence-electron chi connectivity index (χ0n) is 14.9. The lowest BCUT2D eigenvalue weighted by atomic mass is 9.89. The minimum Gasteiger partial charge on any atom is -0.337 e. The van der Waals surface area contributed by atoms with Gasteiger partial charge in [-0.05, 0) is 43.7 Å². The van der Waals surface area contributed by atoms with Crippen molar-refractivity contribution in [1.82, 2.24) is 19.9 Å². The number of amides is 1. The van der Waals surface area contributed by atoms with Crippen molar-refractivity contribution in [1.29, 1.82) is 0 Å². The van der Waals surface area contributed by atoms with Crippen LogP contribution in [0.3, 0.4) is 0 Å². The highest BCUT2D eigenvalue weighted by Crippen LogP contribution is 2.25. The standard InChI is InChI=1S/C21H22N4O/c1-15-13-24-19(14-23-15)21(26)25-10-7-16(8-11-25)12-18-5-2-4-17-6-3-9-22-20(17)18/h2-6,9,13-14,16H,7-8,10-12H2,1H3. The Morgan fingerprint density at radius 3 is 2.65 bits per heavy atom. The van der Waals surface area contributed by atoms with Gasteiger partial charge in [0.2, 0.25) is 0 Å². The summed E-state index contributed by atoms with van der Waals surface area (Å²) in [4.78, 5) is 27.4. The van der Waals surface area contributed by atoms with E-state index in [0.29, 0.717) is 11.6 Å². The molecular weight excluding hydrogens is 324 g/mol. The average Bonchev–Trinajstić information content (AvgIpc) is 2.69. The number of benzene rings is 1. The van der Waals surface area contributed by atoms with Gasteiger partial charge in [0.1, 0.15) is 5.69 Å². The van der Waals surface area contributed by atoms with Crippen LogP contribution in [0, 0.1) is 12.8 Å². The number of fused-ring (bicyclic) bond motifs is 1. The number of pyridine rings is 1. The largest absolute Gasteiger partial charge is 0.337 e. The maximum Gasteiger partial charge on any atom is 0.274 e. The molecule has 5 heteroatoms. The summed E-state index contributed by atoms with van der Waals surface area (Å²) < 4.78 is 0. The monoisotopic (exact) mass is 346 g/mol. The van der Waals surface area contributed by atoms with Gasteiger partial charge in [-0.25, -0.2) is 4.98 Å². The van der Waals surface area contributed by atoms with E-state index < -0.39 is 0 Å². The molecule has 3 aromatic rings. The Balaban J connectivity index is 1.40. The van der Waals surface area contributed by atoms with Crippen LogP contribution in [0.1, 0.15) is 34.6 Å². The molecule has 0 spiro atoms. The molecule has 2 aromatic heterocycles. The molecule has 0 unspecified atom stereocenters. The minimum atomic E-state index is -0.0113. The van der Waals surface area contributed by atoms with Crippen molar-refractivity contribution in [3.8, 4) is 0 Å². The first kappa shape index (κ1) is 16.6. The van der Waals surface area contributed by atoms with Crippen LogP contribution in [-0.2, 0) is 6.42 Å². The van der Waals surface area contributed by atoms with E-state index in [4.69, 9.17) is 0 Å². The topological polar surface area (TPSA) is 59.0 Å². The lowest BCUT2D eigenvalue weighted by molar-refractivity contribution is 0.0684. The summed E-state index contributed by atoms with van der Waals surface area (Å²) in [6.07, 6.45) is 8.11. The number of carbonyl (C=O) groups excluding carboxylic acids is 1. The third-order valence-corrected chi connectivity index (χ3v) is 5.13. The van der Waals surface area contributed by atoms with Crippen molar-refractivity contribution in [2.75, 3.05) is 13.1 Å². The predicted octanol–water partition coefficient (Wildman–Crippen LogP) is 3.43. The number of rotatable bonds is 3. The summed E-state index contributed by atoms with van der Waals surface area (Å²) in [7, 11) is 0. The lowest BCUT2D eigenvalue weighted by Gasteiger charge is -2.32. The third kappa shape index (κ3) is 3.43. The van der Waals surface area contributed by atoms with Gasteiger partial charge in [-0.2, -0.15) is 0 Å². The molecule has 4 rings (SSSR count). The van der Waals surface area contributed by atoms with E-state index in [1.54, 1.807) is 12.4 Å². The highest BCUT2D eigenvalue weighted by molar-refractivity contribution is 5.92. The van der Waals surface area contributed by atoms with Crippen LogP contribution in [0.5, 0.6) is 0 Å². The number of carbonyl (C=O) groups is 1. The summed E-state index contributed by atoms with van der Waals surface area (Å²) in [6.45, 7) is 3.42. The molecule has 0 N–H and O–H groups in total. The molecule has 1 fully saturated rings. The molecule has 1 aromatic carbocycles. The van der Waals surface area contributed by atoms with Crippen LogP contribution in [-0.4, -0.2) is 38.8 Å². The molecule has 0 bridgehead atoms. The third-order valence-electron chi connectivity index (χ3n) is 5.13. The van der Waals surface area contributed by atoms with E-state index in [9.17, 15) is 4.79 Å². The lowest BCUT2D eigenvalue weighted by Crippen LogP contribution is -2.39. The number of hydrogen-bond donors (Lipinski definition) is 0. The van der Waals surface area contributed by atoms with Crippen LogP contribution in [0.15, 0.2) is 48.9 Å². The number of likely N-dealkylation sites (tertiary alicyclic amines) is 1. The second-order valence-electron chi connectivity index (χ2n) is 6.97. The van der Waals surface area contributed by atoms with Crippen LogP contribution < -0.4 is 0 Å². The molecule has 5 nitrogen and oxygen atoms in total. The van der Waals surface area contributed by atoms with E-state index >= 15 is 0 Å². The fourth-order valence-corrected chi connectivity index (χ4v) is 3.65. The molecule has 0 saturated carbocycles. The van der Waals surface area contributed by atoms with Gasteiger partial charge in [-0.15, -0.1) is 0 Å². The predicted molar refractivity (Wildman–Crippen MR) is 101 cm³/mol. The molecular formula is C21H22N4O. The Morgan fingerprint density at radius 1 is 1.08 bits per heavy atom. The highest BCUT2D eigenvalue weighted by Gasteiger charge is 2.25. The van der Waals surface area contributed by atoms with Crippen molar-refractivity contribution >= 4 is 16.8 Å². The van der Waals surface area contributed by atoms with Crippen LogP contribution >= 0.6 is 0 Å². The second-order valence-corrected chi connectivity index (χ2v) is 6.97. The van der Waals surface area contributed by atoms with E-state index in [-0.39, 0.29) is 5.91 Å². The fraction of sp³-hybridized carbons (Fsp3) is 0.333. The quantitative estimate of drug-likeness (QED) is 0.729. The molecule has 3 heterocycles. The van der Waals surface area contributed by atoms with Gasteiger partial charge in [0, 0.05) is 30.9 Å². The van der Waals surface area contributed by atoms with Gasteiger partial charge >= 0.3 is 0 Å². The van der Waals surface area contributed by atoms with Crippen LogP contribution in [0.2, 0.25) is 0 Å². The fourth-order valence-electron chi connectivity index (χ4n) is 3.65. The summed E-state index contributed by atoms with van der Waals surface area (Å²) >= 11 is 0. The van der Waals surface area contributed by atoms with E-state index in [1.807, 2.05) is 24.1 Å². The number of nitrogens with zero attached hydrogens (tertiary/aromatic N) is 4. The Kier molecular flexibility index (Phi) is 4.61. The van der Waals surface area contributed by atoms with Crippen LogP contribution in [0.4, 0.5) is 0 Å². The van der Waals surface area contributed by atoms with Crippen molar-refractivity contribution < 1.29 is 4.79 Å². The number of aromatic nitrogens is 3. The zero-order chi connectivity index (χ0) is 17.9. The Hall–Kier alpha value is -2.82. The number of para-hydroxylation sites is 1. The van der Waals surface area contributed by atoms with Crippen molar-refractivity contribution in [2.45, 2.75) is 26.2 Å². The van der Waals surface area contributed by atoms with Gasteiger partial charge in [0.05, 0.1) is 17.4 Å². The van der Waals surface area contributed by atoms with Crippen LogP contribution in [0.25, 0.3) is 10.9 Å². The maximum atomic E-state index is 12.6. The second kappa shape index (κ2) is 7.20. The molecule has 1 saturated heterocycles. The highest BCUT2D eigenvalue weighted by atomic mass is 16.2. The van der Waals surface area contributed by atoms with Gasteiger partial charge in [0.25, 0.3) is 5.91 Å². The zero-order valence-corrected chi connectivity index (χ0v) is 14.9. The molecule has 26 heavy (non-hydrogen) atoms. The smallest absolute Gasteiger partial charge is 0.274 e. The van der Waals surface area contributed by atoms with E-state index in [2.05, 4.69) is 39.2 Å². The SMILES string of the molecule is Cc1cnc(C(=O)N2CCC(Cc3cccc4cccnc34)CC2)cn1. The summed E-state index contributed by atoms with van der Waals surface area (Å²) in [5.41, 5.74) is 3.66. The molecule has 0 radical (unpaired) electrons. The van der Waals surface area contributed by atoms with E-state index in [1.165, 1.54) is 10.9 Å². The average molecular weight is 346 g/mol. The van der Waals surface area contributed by atoms with E-state index in [0.717, 1.165) is 43.6 Å². The Labute approximate surface area is 153 Å². The summed E-state index contributed by atoms with van der Waals surface area (Å²) in [5, 5.41) is 1.19. The van der Waals surface area contributed by atoms with Gasteiger partial charge in [-0.1, -0.05) is 24.3 Å². The number of piperidine rings is 1. The Bertz CT molecular complexity index is 909. The van der Waals surface area contributed by atoms with Crippen molar-refractivity contribution in [3.63, 3.8) is 0 Å². The molecule has 0 aliphatic carbocycles. The minimum absolute atomic E-state index is 0.0113. The Morgan fingerprint density at radius 2 is 1.88 bits per heavy atom. The van der Waals surface area contributed by atoms with Gasteiger partial charge in [0.15, 0.2) is 0 Å². The first-order valence-electron chi connectivity index (χ1n) is 9.11. The maximum absolute atomic E-state index is 12.6. The normalized spacial score (nSPS) is 15.3.